The fraction of sp³-hybridized carbons (Fsp3) is 0.143. The monoisotopic (exact) mass is 338 g/mol. The summed E-state index contributed by atoms with van der Waals surface area (Å²) < 4.78 is 14.2. The van der Waals surface area contributed by atoms with Crippen LogP contribution in [0.1, 0.15) is 18.5 Å². The van der Waals surface area contributed by atoms with Crippen LogP contribution in [0.15, 0.2) is 46.9 Å². The highest BCUT2D eigenvalue weighted by Gasteiger charge is 2.15. The van der Waals surface area contributed by atoms with Crippen LogP contribution in [0.5, 0.6) is 0 Å². The predicted molar refractivity (Wildman–Crippen MR) is 79.2 cm³/mol. The first kappa shape index (κ1) is 14.5. The summed E-state index contributed by atoms with van der Waals surface area (Å²) in [6.07, 6.45) is 0. The molecular formula is C14H12BrFN2O2. The lowest BCUT2D eigenvalue weighted by Gasteiger charge is -2.15. The third kappa shape index (κ3) is 3.33. The molecule has 2 aromatic carbocycles. The number of hydrogen-bond donors (Lipinski definition) is 1. The molecule has 0 bridgehead atoms. The van der Waals surface area contributed by atoms with Crippen LogP contribution in [-0.4, -0.2) is 4.92 Å². The van der Waals surface area contributed by atoms with Gasteiger partial charge in [0.1, 0.15) is 0 Å². The number of nitrogens with one attached hydrogen (secondary N) is 1. The molecule has 0 radical (unpaired) electrons. The normalized spacial score (nSPS) is 11.9. The van der Waals surface area contributed by atoms with Crippen LogP contribution in [0.25, 0.3) is 0 Å². The zero-order valence-electron chi connectivity index (χ0n) is 10.6. The van der Waals surface area contributed by atoms with Crippen molar-refractivity contribution in [1.29, 1.82) is 0 Å². The van der Waals surface area contributed by atoms with Crippen molar-refractivity contribution >= 4 is 27.3 Å². The van der Waals surface area contributed by atoms with Gasteiger partial charge >= 0.3 is 5.69 Å². The lowest BCUT2D eigenvalue weighted by molar-refractivity contribution is -0.387. The lowest BCUT2D eigenvalue weighted by Crippen LogP contribution is -2.07. The van der Waals surface area contributed by atoms with E-state index in [1.165, 1.54) is 12.1 Å². The molecular weight excluding hydrogens is 327 g/mol. The molecule has 2 rings (SSSR count). The van der Waals surface area contributed by atoms with Crippen molar-refractivity contribution in [2.24, 2.45) is 0 Å². The van der Waals surface area contributed by atoms with Gasteiger partial charge in [0.2, 0.25) is 5.82 Å². The minimum absolute atomic E-state index is 0.0480. The van der Waals surface area contributed by atoms with Crippen LogP contribution in [0.4, 0.5) is 15.8 Å². The standard InChI is InChI=1S/C14H12BrFN2O2/c1-9(10-2-4-11(15)5-3-10)17-12-6-7-13(16)14(8-12)18(19)20/h2-9,17H,1H3. The molecule has 0 heterocycles. The largest absolute Gasteiger partial charge is 0.378 e. The summed E-state index contributed by atoms with van der Waals surface area (Å²) in [6, 6.07) is 11.4. The van der Waals surface area contributed by atoms with Crippen LogP contribution in [0, 0.1) is 15.9 Å². The highest BCUT2D eigenvalue weighted by molar-refractivity contribution is 9.10. The number of anilines is 1. The number of halogens is 2. The van der Waals surface area contributed by atoms with E-state index in [1.807, 2.05) is 31.2 Å². The zero-order valence-corrected chi connectivity index (χ0v) is 12.2. The molecule has 0 aliphatic rings. The van der Waals surface area contributed by atoms with Crippen LogP contribution in [0.2, 0.25) is 0 Å². The average Bonchev–Trinajstić information content (AvgIpc) is 2.41. The van der Waals surface area contributed by atoms with Crippen molar-refractivity contribution in [2.45, 2.75) is 13.0 Å². The minimum Gasteiger partial charge on any atom is -0.378 e. The Morgan fingerprint density at radius 3 is 2.50 bits per heavy atom. The van der Waals surface area contributed by atoms with Gasteiger partial charge < -0.3 is 5.32 Å². The molecule has 0 aliphatic carbocycles. The summed E-state index contributed by atoms with van der Waals surface area (Å²) in [5.74, 6) is -0.836. The highest BCUT2D eigenvalue weighted by atomic mass is 79.9. The van der Waals surface area contributed by atoms with E-state index < -0.39 is 16.4 Å². The van der Waals surface area contributed by atoms with Gasteiger partial charge in [-0.3, -0.25) is 10.1 Å². The van der Waals surface area contributed by atoms with Crippen molar-refractivity contribution < 1.29 is 9.31 Å². The van der Waals surface area contributed by atoms with Gasteiger partial charge in [0.05, 0.1) is 4.92 Å². The maximum absolute atomic E-state index is 13.3. The van der Waals surface area contributed by atoms with Gasteiger partial charge in [-0.15, -0.1) is 0 Å². The Bertz CT molecular complexity index is 632. The van der Waals surface area contributed by atoms with Gasteiger partial charge in [-0.25, -0.2) is 0 Å². The molecule has 0 amide bonds. The Hall–Kier alpha value is -1.95. The summed E-state index contributed by atoms with van der Waals surface area (Å²) in [6.45, 7) is 1.93. The summed E-state index contributed by atoms with van der Waals surface area (Å²) in [4.78, 5) is 9.97. The van der Waals surface area contributed by atoms with Crippen molar-refractivity contribution in [1.82, 2.24) is 0 Å². The predicted octanol–water partition coefficient (Wildman–Crippen LogP) is 4.67. The molecule has 20 heavy (non-hydrogen) atoms. The van der Waals surface area contributed by atoms with E-state index >= 15 is 0 Å². The second kappa shape index (κ2) is 6.00. The molecule has 0 fully saturated rings. The summed E-state index contributed by atoms with van der Waals surface area (Å²) >= 11 is 3.36. The van der Waals surface area contributed by atoms with Crippen molar-refractivity contribution in [2.75, 3.05) is 5.32 Å². The Morgan fingerprint density at radius 2 is 1.90 bits per heavy atom. The minimum atomic E-state index is -0.836. The third-order valence-corrected chi connectivity index (χ3v) is 3.42. The SMILES string of the molecule is CC(Nc1ccc(F)c([N+](=O)[O-])c1)c1ccc(Br)cc1. The van der Waals surface area contributed by atoms with Crippen molar-refractivity contribution in [3.05, 3.63) is 68.4 Å². The third-order valence-electron chi connectivity index (χ3n) is 2.90. The van der Waals surface area contributed by atoms with Gasteiger partial charge in [0.25, 0.3) is 0 Å². The summed E-state index contributed by atoms with van der Waals surface area (Å²) in [5, 5.41) is 13.8. The van der Waals surface area contributed by atoms with Gasteiger partial charge in [-0.05, 0) is 36.8 Å². The quantitative estimate of drug-likeness (QED) is 0.651. The van der Waals surface area contributed by atoms with Crippen LogP contribution < -0.4 is 5.32 Å². The second-order valence-corrected chi connectivity index (χ2v) is 5.26. The molecule has 1 N–H and O–H groups in total. The molecule has 2 aromatic rings. The fourth-order valence-corrected chi connectivity index (χ4v) is 2.09. The molecule has 0 aromatic heterocycles. The van der Waals surface area contributed by atoms with E-state index in [0.717, 1.165) is 16.1 Å². The molecule has 6 heteroatoms. The van der Waals surface area contributed by atoms with Gasteiger partial charge in [0, 0.05) is 22.3 Å². The maximum Gasteiger partial charge on any atom is 0.306 e. The van der Waals surface area contributed by atoms with Crippen LogP contribution in [0.3, 0.4) is 0 Å². The van der Waals surface area contributed by atoms with E-state index in [0.29, 0.717) is 5.69 Å². The Morgan fingerprint density at radius 1 is 1.25 bits per heavy atom. The van der Waals surface area contributed by atoms with E-state index in [-0.39, 0.29) is 6.04 Å². The molecule has 0 saturated carbocycles. The first-order valence-corrected chi connectivity index (χ1v) is 6.72. The molecule has 4 nitrogen and oxygen atoms in total. The van der Waals surface area contributed by atoms with Gasteiger partial charge in [-0.1, -0.05) is 28.1 Å². The van der Waals surface area contributed by atoms with Crippen LogP contribution in [-0.2, 0) is 0 Å². The number of nitro groups is 1. The maximum atomic E-state index is 13.3. The van der Waals surface area contributed by atoms with Crippen molar-refractivity contribution in [3.63, 3.8) is 0 Å². The Balaban J connectivity index is 2.19. The van der Waals surface area contributed by atoms with Gasteiger partial charge in [0.15, 0.2) is 0 Å². The number of hydrogen-bond acceptors (Lipinski definition) is 3. The summed E-state index contributed by atoms with van der Waals surface area (Å²) in [7, 11) is 0. The van der Waals surface area contributed by atoms with Crippen LogP contribution >= 0.6 is 15.9 Å². The number of nitro benzene ring substituents is 1. The van der Waals surface area contributed by atoms with E-state index in [9.17, 15) is 14.5 Å². The first-order chi connectivity index (χ1) is 9.47. The van der Waals surface area contributed by atoms with E-state index in [2.05, 4.69) is 21.2 Å². The fourth-order valence-electron chi connectivity index (χ4n) is 1.83. The molecule has 0 saturated heterocycles. The number of benzene rings is 2. The molecule has 0 spiro atoms. The lowest BCUT2D eigenvalue weighted by atomic mass is 10.1. The molecule has 1 atom stereocenters. The van der Waals surface area contributed by atoms with Crippen molar-refractivity contribution in [3.8, 4) is 0 Å². The second-order valence-electron chi connectivity index (χ2n) is 4.34. The molecule has 0 aliphatic heterocycles. The number of rotatable bonds is 4. The molecule has 1 unspecified atom stereocenters. The average molecular weight is 339 g/mol. The number of nitrogens with zero attached hydrogens (tertiary/aromatic N) is 1. The van der Waals surface area contributed by atoms with Gasteiger partial charge in [-0.2, -0.15) is 4.39 Å². The first-order valence-electron chi connectivity index (χ1n) is 5.93. The van der Waals surface area contributed by atoms with E-state index in [1.54, 1.807) is 0 Å². The Kier molecular flexibility index (Phi) is 4.34. The zero-order chi connectivity index (χ0) is 14.7. The highest BCUT2D eigenvalue weighted by Crippen LogP contribution is 2.25. The summed E-state index contributed by atoms with van der Waals surface area (Å²) in [5.41, 5.74) is 1.01. The smallest absolute Gasteiger partial charge is 0.306 e. The topological polar surface area (TPSA) is 55.2 Å². The van der Waals surface area contributed by atoms with E-state index in [4.69, 9.17) is 0 Å². The Labute approximate surface area is 123 Å². The molecule has 104 valence electrons.